The van der Waals surface area contributed by atoms with E-state index in [9.17, 15) is 20.3 Å². The second-order valence-corrected chi connectivity index (χ2v) is 6.72. The Labute approximate surface area is 154 Å². The van der Waals surface area contributed by atoms with Crippen molar-refractivity contribution in [3.63, 3.8) is 0 Å². The molecule has 2 aromatic carbocycles. The molecule has 2 N–H and O–H groups in total. The lowest BCUT2D eigenvalue weighted by Gasteiger charge is -2.37. The van der Waals surface area contributed by atoms with Gasteiger partial charge in [0.15, 0.2) is 6.10 Å². The number of benzene rings is 2. The number of fused-ring (bicyclic) bond motifs is 1. The summed E-state index contributed by atoms with van der Waals surface area (Å²) in [5.74, 6) is 0.802. The highest BCUT2D eigenvalue weighted by Gasteiger charge is 2.61. The van der Waals surface area contributed by atoms with Gasteiger partial charge in [0.25, 0.3) is 0 Å². The lowest BCUT2D eigenvalue weighted by atomic mass is 9.88. The SMILES string of the molecule is COc1c(C)cc([C@@H]2Oc3ccccc3[C@H](O)[C@@]2(Cl)[N+](=O)[O-])cc1CO. The van der Waals surface area contributed by atoms with Crippen LogP contribution in [-0.2, 0) is 6.61 Å². The van der Waals surface area contributed by atoms with Gasteiger partial charge in [-0.25, -0.2) is 0 Å². The van der Waals surface area contributed by atoms with Gasteiger partial charge in [-0.2, -0.15) is 0 Å². The third kappa shape index (κ3) is 2.68. The summed E-state index contributed by atoms with van der Waals surface area (Å²) < 4.78 is 11.1. The van der Waals surface area contributed by atoms with Gasteiger partial charge in [0, 0.05) is 16.7 Å². The van der Waals surface area contributed by atoms with Gasteiger partial charge < -0.3 is 19.7 Å². The number of halogens is 1. The molecule has 8 heteroatoms. The molecule has 1 heterocycles. The van der Waals surface area contributed by atoms with Gasteiger partial charge in [0.1, 0.15) is 11.5 Å². The minimum atomic E-state index is -2.32. The summed E-state index contributed by atoms with van der Waals surface area (Å²) in [4.78, 5) is 8.75. The molecule has 0 saturated heterocycles. The van der Waals surface area contributed by atoms with Gasteiger partial charge in [-0.05, 0) is 42.3 Å². The van der Waals surface area contributed by atoms with E-state index in [0.29, 0.717) is 28.2 Å². The summed E-state index contributed by atoms with van der Waals surface area (Å²) in [7, 11) is 1.47. The van der Waals surface area contributed by atoms with Crippen LogP contribution in [-0.4, -0.2) is 27.2 Å². The maximum Gasteiger partial charge on any atom is 0.364 e. The Bertz CT molecular complexity index is 858. The van der Waals surface area contributed by atoms with E-state index in [1.54, 1.807) is 31.2 Å². The van der Waals surface area contributed by atoms with Crippen LogP contribution < -0.4 is 9.47 Å². The molecule has 1 aliphatic rings. The highest BCUT2D eigenvalue weighted by atomic mass is 35.5. The fourth-order valence-electron chi connectivity index (χ4n) is 3.32. The molecule has 0 aliphatic carbocycles. The number of rotatable bonds is 4. The molecule has 3 rings (SSSR count). The minimum absolute atomic E-state index is 0.253. The number of aryl methyl sites for hydroxylation is 1. The fraction of sp³-hybridized carbons (Fsp3) is 0.333. The number of hydrogen-bond acceptors (Lipinski definition) is 6. The van der Waals surface area contributed by atoms with Crippen molar-refractivity contribution < 1.29 is 24.6 Å². The number of hydrogen-bond donors (Lipinski definition) is 2. The molecule has 0 radical (unpaired) electrons. The third-order valence-electron chi connectivity index (χ3n) is 4.54. The summed E-state index contributed by atoms with van der Waals surface area (Å²) in [6.45, 7) is 1.42. The van der Waals surface area contributed by atoms with Crippen LogP contribution in [0.2, 0.25) is 0 Å². The Morgan fingerprint density at radius 1 is 1.38 bits per heavy atom. The Morgan fingerprint density at radius 3 is 2.69 bits per heavy atom. The Hall–Kier alpha value is -2.35. The number of aliphatic hydroxyl groups is 2. The normalized spacial score (nSPS) is 24.5. The third-order valence-corrected chi connectivity index (χ3v) is 5.08. The summed E-state index contributed by atoms with van der Waals surface area (Å²) >= 11 is 6.34. The zero-order chi connectivity index (χ0) is 19.1. The second-order valence-electron chi connectivity index (χ2n) is 6.11. The van der Waals surface area contributed by atoms with Crippen molar-refractivity contribution in [2.24, 2.45) is 0 Å². The fourth-order valence-corrected chi connectivity index (χ4v) is 3.61. The monoisotopic (exact) mass is 379 g/mol. The Kier molecular flexibility index (Phi) is 4.79. The zero-order valence-corrected chi connectivity index (χ0v) is 14.9. The number of nitrogens with zero attached hydrogens (tertiary/aromatic N) is 1. The van der Waals surface area contributed by atoms with Gasteiger partial charge in [0.05, 0.1) is 18.6 Å². The van der Waals surface area contributed by atoms with Gasteiger partial charge in [-0.15, -0.1) is 0 Å². The lowest BCUT2D eigenvalue weighted by Crippen LogP contribution is -2.49. The molecule has 2 aromatic rings. The summed E-state index contributed by atoms with van der Waals surface area (Å²) in [6.07, 6.45) is -2.84. The molecule has 0 fully saturated rings. The van der Waals surface area contributed by atoms with E-state index in [4.69, 9.17) is 21.1 Å². The summed E-state index contributed by atoms with van der Waals surface area (Å²) in [5.41, 5.74) is 1.73. The maximum absolute atomic E-state index is 11.8. The molecule has 26 heavy (non-hydrogen) atoms. The number of alkyl halides is 1. The zero-order valence-electron chi connectivity index (χ0n) is 14.2. The van der Waals surface area contributed by atoms with Gasteiger partial charge in [-0.1, -0.05) is 18.2 Å². The molecule has 0 saturated carbocycles. The van der Waals surface area contributed by atoms with Crippen molar-refractivity contribution in [1.29, 1.82) is 0 Å². The van der Waals surface area contributed by atoms with Crippen LogP contribution in [0.3, 0.4) is 0 Å². The molecule has 0 amide bonds. The number of methoxy groups -OCH3 is 1. The molecule has 1 aliphatic heterocycles. The first kappa shape index (κ1) is 18.4. The predicted octanol–water partition coefficient (Wildman–Crippen LogP) is 2.87. The summed E-state index contributed by atoms with van der Waals surface area (Å²) in [6, 6.07) is 9.68. The molecule has 0 unspecified atom stereocenters. The Balaban J connectivity index is 2.20. The van der Waals surface area contributed by atoms with Crippen molar-refractivity contribution >= 4 is 11.6 Å². The van der Waals surface area contributed by atoms with Gasteiger partial charge in [-0.3, -0.25) is 10.1 Å². The van der Waals surface area contributed by atoms with Crippen LogP contribution in [0.1, 0.15) is 34.5 Å². The van der Waals surface area contributed by atoms with Crippen LogP contribution in [0.4, 0.5) is 0 Å². The molecule has 0 spiro atoms. The molecule has 0 bridgehead atoms. The van der Waals surface area contributed by atoms with Gasteiger partial charge in [0.2, 0.25) is 6.10 Å². The number of para-hydroxylation sites is 1. The minimum Gasteiger partial charge on any atom is -0.496 e. The van der Waals surface area contributed by atoms with Crippen molar-refractivity contribution in [2.45, 2.75) is 30.7 Å². The maximum atomic E-state index is 11.8. The molecular weight excluding hydrogens is 362 g/mol. The van der Waals surface area contributed by atoms with Crippen molar-refractivity contribution in [1.82, 2.24) is 0 Å². The Morgan fingerprint density at radius 2 is 2.08 bits per heavy atom. The van der Waals surface area contributed by atoms with Crippen LogP contribution in [0.15, 0.2) is 36.4 Å². The average Bonchev–Trinajstić information content (AvgIpc) is 2.63. The van der Waals surface area contributed by atoms with Crippen molar-refractivity contribution in [2.75, 3.05) is 7.11 Å². The first-order chi connectivity index (χ1) is 12.3. The van der Waals surface area contributed by atoms with Crippen LogP contribution in [0.5, 0.6) is 11.5 Å². The second kappa shape index (κ2) is 6.75. The standard InChI is InChI=1S/C18H18ClNO6/c1-10-7-11(8-12(9-21)15(10)25-2)17-18(19,20(23)24)16(22)13-5-3-4-6-14(13)26-17/h3-8,16-17,21-22H,9H2,1-2H3/t16-,17-,18+/m0/s1. The summed E-state index contributed by atoms with van der Waals surface area (Å²) in [5, 5.41) is 32.1. The lowest BCUT2D eigenvalue weighted by molar-refractivity contribution is -0.570. The van der Waals surface area contributed by atoms with E-state index in [1.165, 1.54) is 19.2 Å². The molecule has 7 nitrogen and oxygen atoms in total. The highest BCUT2D eigenvalue weighted by Crippen LogP contribution is 2.51. The number of ether oxygens (including phenoxy) is 2. The smallest absolute Gasteiger partial charge is 0.364 e. The largest absolute Gasteiger partial charge is 0.496 e. The first-order valence-corrected chi connectivity index (χ1v) is 8.27. The quantitative estimate of drug-likeness (QED) is 0.366. The molecule has 138 valence electrons. The highest BCUT2D eigenvalue weighted by molar-refractivity contribution is 6.23. The van der Waals surface area contributed by atoms with E-state index in [-0.39, 0.29) is 12.2 Å². The predicted molar refractivity (Wildman–Crippen MR) is 94.0 cm³/mol. The molecular formula is C18H18ClNO6. The molecule has 3 atom stereocenters. The first-order valence-electron chi connectivity index (χ1n) is 7.89. The van der Waals surface area contributed by atoms with Crippen LogP contribution in [0.25, 0.3) is 0 Å². The van der Waals surface area contributed by atoms with Crippen LogP contribution in [0, 0.1) is 17.0 Å². The average molecular weight is 380 g/mol. The van der Waals surface area contributed by atoms with Crippen LogP contribution >= 0.6 is 11.6 Å². The van der Waals surface area contributed by atoms with E-state index in [0.717, 1.165) is 0 Å². The molecule has 0 aromatic heterocycles. The van der Waals surface area contributed by atoms with Crippen molar-refractivity contribution in [3.05, 3.63) is 68.8 Å². The van der Waals surface area contributed by atoms with Crippen molar-refractivity contribution in [3.8, 4) is 11.5 Å². The van der Waals surface area contributed by atoms with E-state index < -0.39 is 22.1 Å². The number of nitro groups is 1. The topological polar surface area (TPSA) is 102 Å². The van der Waals surface area contributed by atoms with E-state index >= 15 is 0 Å². The van der Waals surface area contributed by atoms with E-state index in [2.05, 4.69) is 0 Å². The number of aliphatic hydroxyl groups excluding tert-OH is 2. The van der Waals surface area contributed by atoms with Gasteiger partial charge >= 0.3 is 5.00 Å². The van der Waals surface area contributed by atoms with E-state index in [1.807, 2.05) is 0 Å².